The fraction of sp³-hybridized carbons (Fsp3) is 0.867. The second-order valence-corrected chi connectivity index (χ2v) is 6.87. The number of rotatable bonds is 6. The van der Waals surface area contributed by atoms with Gasteiger partial charge in [-0.05, 0) is 53.5 Å². The van der Waals surface area contributed by atoms with Crippen LogP contribution in [0.4, 0.5) is 0 Å². The maximum Gasteiger partial charge on any atom is 0.0315 e. The molecule has 0 aromatic rings. The molecule has 1 rings (SSSR count). The van der Waals surface area contributed by atoms with Gasteiger partial charge in [0, 0.05) is 17.1 Å². The third-order valence-corrected chi connectivity index (χ3v) is 3.55. The van der Waals surface area contributed by atoms with Crippen molar-refractivity contribution in [1.82, 2.24) is 5.32 Å². The summed E-state index contributed by atoms with van der Waals surface area (Å²) >= 11 is 0. The molecule has 18 heavy (non-hydrogen) atoms. The van der Waals surface area contributed by atoms with E-state index in [4.69, 9.17) is 11.5 Å². The summed E-state index contributed by atoms with van der Waals surface area (Å²) in [5.74, 6) is 0. The summed E-state index contributed by atoms with van der Waals surface area (Å²) < 4.78 is 0. The standard InChI is InChI=1S/C15H31N3/c1-14(2)10-12(11-15(3,4)18-14)13(17)8-6-5-7-9-16/h10,13,18H,5-9,11,16-17H2,1-4H3. The minimum Gasteiger partial charge on any atom is -0.330 e. The fourth-order valence-electron chi connectivity index (χ4n) is 3.09. The van der Waals surface area contributed by atoms with Crippen molar-refractivity contribution in [3.8, 4) is 0 Å². The second-order valence-electron chi connectivity index (χ2n) is 6.87. The normalized spacial score (nSPS) is 23.6. The van der Waals surface area contributed by atoms with Gasteiger partial charge in [0.2, 0.25) is 0 Å². The summed E-state index contributed by atoms with van der Waals surface area (Å²) in [6.07, 6.45) is 7.95. The molecule has 0 aromatic carbocycles. The Hall–Kier alpha value is -0.380. The molecule has 5 N–H and O–H groups in total. The highest BCUT2D eigenvalue weighted by Gasteiger charge is 2.33. The molecule has 0 radical (unpaired) electrons. The van der Waals surface area contributed by atoms with E-state index in [-0.39, 0.29) is 17.1 Å². The van der Waals surface area contributed by atoms with Gasteiger partial charge in [0.25, 0.3) is 0 Å². The van der Waals surface area contributed by atoms with Gasteiger partial charge in [-0.1, -0.05) is 24.5 Å². The molecule has 0 aliphatic carbocycles. The zero-order valence-electron chi connectivity index (χ0n) is 12.6. The van der Waals surface area contributed by atoms with E-state index in [0.717, 1.165) is 25.8 Å². The minimum absolute atomic E-state index is 0.0476. The molecule has 3 nitrogen and oxygen atoms in total. The average Bonchev–Trinajstić information content (AvgIpc) is 2.19. The third-order valence-electron chi connectivity index (χ3n) is 3.55. The summed E-state index contributed by atoms with van der Waals surface area (Å²) in [6, 6.07) is 0.212. The van der Waals surface area contributed by atoms with E-state index < -0.39 is 0 Å². The van der Waals surface area contributed by atoms with Crippen LogP contribution in [0.15, 0.2) is 11.6 Å². The molecule has 106 valence electrons. The summed E-state index contributed by atoms with van der Waals surface area (Å²) in [5.41, 5.74) is 13.5. The summed E-state index contributed by atoms with van der Waals surface area (Å²) in [6.45, 7) is 9.73. The van der Waals surface area contributed by atoms with Gasteiger partial charge in [-0.3, -0.25) is 0 Å². The Kier molecular flexibility index (Phi) is 5.38. The first-order valence-corrected chi connectivity index (χ1v) is 7.22. The van der Waals surface area contributed by atoms with Gasteiger partial charge in [-0.25, -0.2) is 0 Å². The van der Waals surface area contributed by atoms with Crippen molar-refractivity contribution >= 4 is 0 Å². The lowest BCUT2D eigenvalue weighted by molar-refractivity contribution is 0.276. The molecular formula is C15H31N3. The lowest BCUT2D eigenvalue weighted by atomic mass is 9.80. The summed E-state index contributed by atoms with van der Waals surface area (Å²) in [7, 11) is 0. The number of nitrogens with one attached hydrogen (secondary N) is 1. The van der Waals surface area contributed by atoms with E-state index in [1.165, 1.54) is 18.4 Å². The van der Waals surface area contributed by atoms with E-state index in [1.807, 2.05) is 0 Å². The Bertz CT molecular complexity index is 292. The largest absolute Gasteiger partial charge is 0.330 e. The molecular weight excluding hydrogens is 222 g/mol. The predicted octanol–water partition coefficient (Wildman–Crippen LogP) is 2.31. The van der Waals surface area contributed by atoms with E-state index in [9.17, 15) is 0 Å². The van der Waals surface area contributed by atoms with Crippen LogP contribution in [0, 0.1) is 0 Å². The number of nitrogens with two attached hydrogens (primary N) is 2. The topological polar surface area (TPSA) is 64.1 Å². The molecule has 0 bridgehead atoms. The SMILES string of the molecule is CC1(C)C=C(C(N)CCCCCN)CC(C)(C)N1. The number of hydrogen-bond acceptors (Lipinski definition) is 3. The number of unbranched alkanes of at least 4 members (excludes halogenated alkanes) is 2. The van der Waals surface area contributed by atoms with Crippen LogP contribution >= 0.6 is 0 Å². The van der Waals surface area contributed by atoms with Gasteiger partial charge in [-0.15, -0.1) is 0 Å². The Morgan fingerprint density at radius 3 is 2.44 bits per heavy atom. The Morgan fingerprint density at radius 2 is 1.89 bits per heavy atom. The quantitative estimate of drug-likeness (QED) is 0.503. The zero-order valence-corrected chi connectivity index (χ0v) is 12.6. The van der Waals surface area contributed by atoms with E-state index in [0.29, 0.717) is 0 Å². The molecule has 1 aliphatic heterocycles. The molecule has 1 atom stereocenters. The Labute approximate surface area is 112 Å². The van der Waals surface area contributed by atoms with Crippen molar-refractivity contribution < 1.29 is 0 Å². The van der Waals surface area contributed by atoms with E-state index in [2.05, 4.69) is 39.1 Å². The Balaban J connectivity index is 2.56. The van der Waals surface area contributed by atoms with Crippen molar-refractivity contribution in [2.75, 3.05) is 6.54 Å². The highest BCUT2D eigenvalue weighted by Crippen LogP contribution is 2.30. The van der Waals surface area contributed by atoms with Gasteiger partial charge >= 0.3 is 0 Å². The van der Waals surface area contributed by atoms with Crippen molar-refractivity contribution in [2.45, 2.75) is 76.9 Å². The van der Waals surface area contributed by atoms with Gasteiger partial charge < -0.3 is 16.8 Å². The average molecular weight is 253 g/mol. The maximum absolute atomic E-state index is 6.35. The Morgan fingerprint density at radius 1 is 1.22 bits per heavy atom. The molecule has 0 fully saturated rings. The zero-order chi connectivity index (χ0) is 13.8. The summed E-state index contributed by atoms with van der Waals surface area (Å²) in [5, 5.41) is 3.64. The predicted molar refractivity (Wildman–Crippen MR) is 79.5 cm³/mol. The van der Waals surface area contributed by atoms with Gasteiger partial charge in [0.05, 0.1) is 0 Å². The van der Waals surface area contributed by atoms with Crippen LogP contribution in [0.5, 0.6) is 0 Å². The molecule has 1 unspecified atom stereocenters. The highest BCUT2D eigenvalue weighted by molar-refractivity contribution is 5.24. The van der Waals surface area contributed by atoms with E-state index >= 15 is 0 Å². The first-order valence-electron chi connectivity index (χ1n) is 7.22. The fourth-order valence-corrected chi connectivity index (χ4v) is 3.09. The van der Waals surface area contributed by atoms with Crippen molar-refractivity contribution in [3.63, 3.8) is 0 Å². The van der Waals surface area contributed by atoms with Crippen molar-refractivity contribution in [1.29, 1.82) is 0 Å². The van der Waals surface area contributed by atoms with Gasteiger partial charge in [0.15, 0.2) is 0 Å². The smallest absolute Gasteiger partial charge is 0.0315 e. The monoisotopic (exact) mass is 253 g/mol. The lowest BCUT2D eigenvalue weighted by Crippen LogP contribution is -2.55. The van der Waals surface area contributed by atoms with Crippen LogP contribution in [-0.2, 0) is 0 Å². The van der Waals surface area contributed by atoms with Crippen LogP contribution in [0.25, 0.3) is 0 Å². The maximum atomic E-state index is 6.35. The van der Waals surface area contributed by atoms with Crippen LogP contribution in [0.3, 0.4) is 0 Å². The lowest BCUT2D eigenvalue weighted by Gasteiger charge is -2.42. The van der Waals surface area contributed by atoms with E-state index in [1.54, 1.807) is 0 Å². The first kappa shape index (κ1) is 15.7. The molecule has 0 saturated heterocycles. The molecule has 0 spiro atoms. The van der Waals surface area contributed by atoms with Crippen LogP contribution in [-0.4, -0.2) is 23.7 Å². The van der Waals surface area contributed by atoms with Crippen LogP contribution < -0.4 is 16.8 Å². The molecule has 0 amide bonds. The highest BCUT2D eigenvalue weighted by atomic mass is 15.0. The van der Waals surface area contributed by atoms with Crippen molar-refractivity contribution in [2.24, 2.45) is 11.5 Å². The molecule has 3 heteroatoms. The molecule has 1 heterocycles. The summed E-state index contributed by atoms with van der Waals surface area (Å²) in [4.78, 5) is 0. The van der Waals surface area contributed by atoms with Gasteiger partial charge in [0.1, 0.15) is 0 Å². The molecule has 0 aromatic heterocycles. The minimum atomic E-state index is 0.0476. The third kappa shape index (κ3) is 5.09. The first-order chi connectivity index (χ1) is 8.26. The van der Waals surface area contributed by atoms with Crippen LogP contribution in [0.1, 0.15) is 59.8 Å². The number of hydrogen-bond donors (Lipinski definition) is 3. The molecule has 1 aliphatic rings. The van der Waals surface area contributed by atoms with Gasteiger partial charge in [-0.2, -0.15) is 0 Å². The second kappa shape index (κ2) is 6.18. The molecule has 0 saturated carbocycles. The van der Waals surface area contributed by atoms with Crippen LogP contribution in [0.2, 0.25) is 0 Å². The van der Waals surface area contributed by atoms with Crippen molar-refractivity contribution in [3.05, 3.63) is 11.6 Å².